The van der Waals surface area contributed by atoms with Gasteiger partial charge in [-0.15, -0.1) is 0 Å². The van der Waals surface area contributed by atoms with Crippen LogP contribution in [0, 0.1) is 0 Å². The maximum absolute atomic E-state index is 11.7. The standard InChI is InChI=1S/C16H19NO4/c1-2-10-21-16(20)17-8-6-12(7-9-17)13-4-3-5-14(11-13)15(18)19/h2-5,11-12H,1,6-10H2,(H,18,19). The summed E-state index contributed by atoms with van der Waals surface area (Å²) in [5.41, 5.74) is 1.33. The molecule has 2 rings (SSSR count). The first-order chi connectivity index (χ1) is 10.1. The molecule has 5 heteroatoms. The highest BCUT2D eigenvalue weighted by atomic mass is 16.6. The monoisotopic (exact) mass is 289 g/mol. The predicted octanol–water partition coefficient (Wildman–Crippen LogP) is 2.89. The molecule has 0 saturated carbocycles. The molecular weight excluding hydrogens is 270 g/mol. The molecule has 0 bridgehead atoms. The van der Waals surface area contributed by atoms with Gasteiger partial charge in [-0.1, -0.05) is 24.8 Å². The Morgan fingerprint density at radius 1 is 1.38 bits per heavy atom. The number of rotatable bonds is 4. The SMILES string of the molecule is C=CCOC(=O)N1CCC(c2cccc(C(=O)O)c2)CC1. The van der Waals surface area contributed by atoms with E-state index in [1.54, 1.807) is 29.2 Å². The van der Waals surface area contributed by atoms with Crippen LogP contribution in [0.4, 0.5) is 4.79 Å². The predicted molar refractivity (Wildman–Crippen MR) is 78.5 cm³/mol. The van der Waals surface area contributed by atoms with E-state index in [0.29, 0.717) is 18.7 Å². The Bertz CT molecular complexity index is 533. The minimum atomic E-state index is -0.915. The molecule has 0 aromatic heterocycles. The minimum Gasteiger partial charge on any atom is -0.478 e. The molecule has 112 valence electrons. The highest BCUT2D eigenvalue weighted by molar-refractivity contribution is 5.87. The number of carboxylic acids is 1. The summed E-state index contributed by atoms with van der Waals surface area (Å²) in [6, 6.07) is 7.03. The van der Waals surface area contributed by atoms with Crippen LogP contribution in [0.3, 0.4) is 0 Å². The average molecular weight is 289 g/mol. The van der Waals surface area contributed by atoms with Crippen molar-refractivity contribution in [2.45, 2.75) is 18.8 Å². The third-order valence-electron chi connectivity index (χ3n) is 3.68. The zero-order valence-corrected chi connectivity index (χ0v) is 11.8. The number of nitrogens with zero attached hydrogens (tertiary/aromatic N) is 1. The summed E-state index contributed by atoms with van der Waals surface area (Å²) in [4.78, 5) is 24.4. The zero-order chi connectivity index (χ0) is 15.2. The van der Waals surface area contributed by atoms with Gasteiger partial charge in [0, 0.05) is 13.1 Å². The summed E-state index contributed by atoms with van der Waals surface area (Å²) in [6.45, 7) is 4.98. The van der Waals surface area contributed by atoms with E-state index in [-0.39, 0.29) is 18.6 Å². The van der Waals surface area contributed by atoms with Crippen LogP contribution in [0.2, 0.25) is 0 Å². The molecule has 1 aliphatic heterocycles. The van der Waals surface area contributed by atoms with Crippen LogP contribution in [0.25, 0.3) is 0 Å². The van der Waals surface area contributed by atoms with Crippen molar-refractivity contribution in [1.82, 2.24) is 4.90 Å². The largest absolute Gasteiger partial charge is 0.478 e. The lowest BCUT2D eigenvalue weighted by Gasteiger charge is -2.31. The molecule has 1 heterocycles. The van der Waals surface area contributed by atoms with Gasteiger partial charge < -0.3 is 14.7 Å². The maximum Gasteiger partial charge on any atom is 0.410 e. The molecule has 1 saturated heterocycles. The lowest BCUT2D eigenvalue weighted by Crippen LogP contribution is -2.38. The van der Waals surface area contributed by atoms with Gasteiger partial charge in [0.1, 0.15) is 6.61 Å². The van der Waals surface area contributed by atoms with Crippen LogP contribution < -0.4 is 0 Å². The fourth-order valence-corrected chi connectivity index (χ4v) is 2.54. The molecule has 1 aliphatic rings. The summed E-state index contributed by atoms with van der Waals surface area (Å²) in [7, 11) is 0. The highest BCUT2D eigenvalue weighted by Gasteiger charge is 2.24. The van der Waals surface area contributed by atoms with E-state index in [4.69, 9.17) is 9.84 Å². The van der Waals surface area contributed by atoms with Crippen molar-refractivity contribution in [3.8, 4) is 0 Å². The Hall–Kier alpha value is -2.30. The van der Waals surface area contributed by atoms with Gasteiger partial charge in [-0.2, -0.15) is 0 Å². The minimum absolute atomic E-state index is 0.222. The highest BCUT2D eigenvalue weighted by Crippen LogP contribution is 2.28. The number of piperidine rings is 1. The van der Waals surface area contributed by atoms with Crippen molar-refractivity contribution in [1.29, 1.82) is 0 Å². The number of likely N-dealkylation sites (tertiary alicyclic amines) is 1. The Labute approximate surface area is 123 Å². The molecular formula is C16H19NO4. The van der Waals surface area contributed by atoms with Crippen molar-refractivity contribution in [3.63, 3.8) is 0 Å². The summed E-state index contributed by atoms with van der Waals surface area (Å²) in [5.74, 6) is -0.630. The molecule has 1 amide bonds. The van der Waals surface area contributed by atoms with Crippen LogP contribution in [0.5, 0.6) is 0 Å². The van der Waals surface area contributed by atoms with Gasteiger partial charge in [0.05, 0.1) is 5.56 Å². The second kappa shape index (κ2) is 6.92. The number of carbonyl (C=O) groups excluding carboxylic acids is 1. The maximum atomic E-state index is 11.7. The van der Waals surface area contributed by atoms with Crippen LogP contribution in [-0.2, 0) is 4.74 Å². The van der Waals surface area contributed by atoms with Crippen LogP contribution in [0.15, 0.2) is 36.9 Å². The summed E-state index contributed by atoms with van der Waals surface area (Å²) in [6.07, 6.45) is 2.85. The number of carbonyl (C=O) groups is 2. The van der Waals surface area contributed by atoms with Crippen molar-refractivity contribution in [2.24, 2.45) is 0 Å². The van der Waals surface area contributed by atoms with Crippen LogP contribution in [0.1, 0.15) is 34.7 Å². The topological polar surface area (TPSA) is 66.8 Å². The molecule has 1 aromatic rings. The molecule has 0 atom stereocenters. The first-order valence-electron chi connectivity index (χ1n) is 6.97. The summed E-state index contributed by atoms with van der Waals surface area (Å²) in [5, 5.41) is 9.03. The summed E-state index contributed by atoms with van der Waals surface area (Å²) >= 11 is 0. The first-order valence-corrected chi connectivity index (χ1v) is 6.97. The Morgan fingerprint density at radius 2 is 2.10 bits per heavy atom. The third-order valence-corrected chi connectivity index (χ3v) is 3.68. The second-order valence-electron chi connectivity index (χ2n) is 5.06. The van der Waals surface area contributed by atoms with Crippen LogP contribution in [-0.4, -0.2) is 41.8 Å². The van der Waals surface area contributed by atoms with Gasteiger partial charge in [-0.25, -0.2) is 9.59 Å². The van der Waals surface area contributed by atoms with Crippen molar-refractivity contribution in [3.05, 3.63) is 48.0 Å². The fraction of sp³-hybridized carbons (Fsp3) is 0.375. The summed E-state index contributed by atoms with van der Waals surface area (Å²) < 4.78 is 5.01. The molecule has 1 N–H and O–H groups in total. The molecule has 5 nitrogen and oxygen atoms in total. The van der Waals surface area contributed by atoms with E-state index in [9.17, 15) is 9.59 Å². The van der Waals surface area contributed by atoms with E-state index in [1.165, 1.54) is 0 Å². The smallest absolute Gasteiger partial charge is 0.410 e. The quantitative estimate of drug-likeness (QED) is 0.865. The number of ether oxygens (including phenoxy) is 1. The number of carboxylic acid groups (broad SMARTS) is 1. The number of aromatic carboxylic acids is 1. The number of benzene rings is 1. The zero-order valence-electron chi connectivity index (χ0n) is 11.8. The fourth-order valence-electron chi connectivity index (χ4n) is 2.54. The molecule has 0 spiro atoms. The average Bonchev–Trinajstić information content (AvgIpc) is 2.53. The molecule has 0 unspecified atom stereocenters. The number of hydrogen-bond donors (Lipinski definition) is 1. The van der Waals surface area contributed by atoms with E-state index in [1.807, 2.05) is 6.07 Å². The van der Waals surface area contributed by atoms with Gasteiger partial charge >= 0.3 is 12.1 Å². The first kappa shape index (κ1) is 15.1. The number of hydrogen-bond acceptors (Lipinski definition) is 3. The van der Waals surface area contributed by atoms with Gasteiger partial charge in [-0.05, 0) is 36.5 Å². The molecule has 0 aliphatic carbocycles. The molecule has 21 heavy (non-hydrogen) atoms. The van der Waals surface area contributed by atoms with Crippen molar-refractivity contribution < 1.29 is 19.4 Å². The normalized spacial score (nSPS) is 15.5. The van der Waals surface area contributed by atoms with Gasteiger partial charge in [0.2, 0.25) is 0 Å². The van der Waals surface area contributed by atoms with E-state index >= 15 is 0 Å². The van der Waals surface area contributed by atoms with Gasteiger partial charge in [0.15, 0.2) is 0 Å². The molecule has 1 aromatic carbocycles. The van der Waals surface area contributed by atoms with E-state index in [2.05, 4.69) is 6.58 Å². The van der Waals surface area contributed by atoms with E-state index < -0.39 is 5.97 Å². The van der Waals surface area contributed by atoms with Gasteiger partial charge in [0.25, 0.3) is 0 Å². The van der Waals surface area contributed by atoms with Gasteiger partial charge in [-0.3, -0.25) is 0 Å². The third kappa shape index (κ3) is 3.84. The second-order valence-corrected chi connectivity index (χ2v) is 5.06. The Kier molecular flexibility index (Phi) is 4.98. The molecule has 1 fully saturated rings. The van der Waals surface area contributed by atoms with Crippen molar-refractivity contribution in [2.75, 3.05) is 19.7 Å². The van der Waals surface area contributed by atoms with E-state index in [0.717, 1.165) is 18.4 Å². The lowest BCUT2D eigenvalue weighted by atomic mass is 9.89. The molecule has 0 radical (unpaired) electrons. The van der Waals surface area contributed by atoms with Crippen LogP contribution >= 0.6 is 0 Å². The lowest BCUT2D eigenvalue weighted by molar-refractivity contribution is 0.0696. The number of amides is 1. The Balaban J connectivity index is 1.94. The Morgan fingerprint density at radius 3 is 2.71 bits per heavy atom. The van der Waals surface area contributed by atoms with Crippen molar-refractivity contribution >= 4 is 12.1 Å².